The van der Waals surface area contributed by atoms with Gasteiger partial charge in [0.2, 0.25) is 5.91 Å². The molecule has 1 amide bonds. The maximum absolute atomic E-state index is 11.9. The molecule has 1 atom stereocenters. The van der Waals surface area contributed by atoms with Crippen molar-refractivity contribution in [2.45, 2.75) is 45.1 Å². The zero-order valence-electron chi connectivity index (χ0n) is 11.7. The molecule has 0 bridgehead atoms. The van der Waals surface area contributed by atoms with Crippen LogP contribution < -0.4 is 5.32 Å². The highest BCUT2D eigenvalue weighted by Gasteiger charge is 2.14. The molecule has 1 saturated heterocycles. The molecule has 1 fully saturated rings. The van der Waals surface area contributed by atoms with Crippen molar-refractivity contribution in [2.75, 3.05) is 19.6 Å². The van der Waals surface area contributed by atoms with Gasteiger partial charge < -0.3 is 10.2 Å². The molecule has 106 valence electrons. The summed E-state index contributed by atoms with van der Waals surface area (Å²) in [5.74, 6) is 0.0616. The first-order valence-corrected chi connectivity index (χ1v) is 7.24. The Labute approximate surface area is 114 Å². The van der Waals surface area contributed by atoms with Gasteiger partial charge >= 0.3 is 0 Å². The molecule has 2 N–H and O–H groups in total. The number of H-pyrrole nitrogens is 1. The summed E-state index contributed by atoms with van der Waals surface area (Å²) in [6.45, 7) is 5.37. The van der Waals surface area contributed by atoms with Gasteiger partial charge in [-0.2, -0.15) is 5.10 Å². The number of carbonyl (C=O) groups is 1. The van der Waals surface area contributed by atoms with Gasteiger partial charge in [0.15, 0.2) is 0 Å². The van der Waals surface area contributed by atoms with E-state index in [1.54, 1.807) is 6.20 Å². The number of hydrogen-bond donors (Lipinski definition) is 2. The molecule has 1 aliphatic rings. The second-order valence-corrected chi connectivity index (χ2v) is 5.44. The van der Waals surface area contributed by atoms with Crippen molar-refractivity contribution in [2.24, 2.45) is 0 Å². The molecule has 5 nitrogen and oxygen atoms in total. The first kappa shape index (κ1) is 14.1. The molecule has 5 heteroatoms. The number of aromatic amines is 1. The highest BCUT2D eigenvalue weighted by atomic mass is 16.1. The van der Waals surface area contributed by atoms with Gasteiger partial charge in [-0.15, -0.1) is 0 Å². The molecule has 2 heterocycles. The summed E-state index contributed by atoms with van der Waals surface area (Å²) in [5.41, 5.74) is 0.861. The van der Waals surface area contributed by atoms with E-state index in [-0.39, 0.29) is 11.9 Å². The molecule has 2 rings (SSSR count). The molecule has 0 saturated carbocycles. The lowest BCUT2D eigenvalue weighted by Gasteiger charge is -2.24. The first-order chi connectivity index (χ1) is 9.24. The Morgan fingerprint density at radius 2 is 2.16 bits per heavy atom. The fourth-order valence-corrected chi connectivity index (χ4v) is 2.63. The van der Waals surface area contributed by atoms with Crippen molar-refractivity contribution in [3.05, 3.63) is 18.0 Å². The number of amides is 1. The Kier molecular flexibility index (Phi) is 5.39. The van der Waals surface area contributed by atoms with E-state index in [1.807, 2.05) is 6.07 Å². The van der Waals surface area contributed by atoms with E-state index < -0.39 is 0 Å². The van der Waals surface area contributed by atoms with Crippen LogP contribution in [0.1, 0.15) is 38.3 Å². The van der Waals surface area contributed by atoms with E-state index in [0.717, 1.165) is 12.2 Å². The van der Waals surface area contributed by atoms with E-state index in [1.165, 1.54) is 38.8 Å². The van der Waals surface area contributed by atoms with Gasteiger partial charge in [-0.3, -0.25) is 9.89 Å². The number of nitrogens with zero attached hydrogens (tertiary/aromatic N) is 2. The number of nitrogens with one attached hydrogen (secondary N) is 2. The Balaban J connectivity index is 1.70. The summed E-state index contributed by atoms with van der Waals surface area (Å²) >= 11 is 0. The molecule has 0 aliphatic carbocycles. The van der Waals surface area contributed by atoms with E-state index in [2.05, 4.69) is 27.3 Å². The second kappa shape index (κ2) is 7.28. The van der Waals surface area contributed by atoms with Crippen molar-refractivity contribution in [3.8, 4) is 0 Å². The summed E-state index contributed by atoms with van der Waals surface area (Å²) in [6, 6.07) is 2.03. The molecular formula is C14H24N4O. The molecule has 0 aromatic carbocycles. The SMILES string of the molecule is CC(CN1CCCCCC1)NC(=O)Cc1ccn[nH]1. The molecular weight excluding hydrogens is 240 g/mol. The van der Waals surface area contributed by atoms with Crippen LogP contribution in [0.15, 0.2) is 12.3 Å². The molecule has 1 aliphatic heterocycles. The molecule has 1 unspecified atom stereocenters. The lowest BCUT2D eigenvalue weighted by atomic mass is 10.2. The van der Waals surface area contributed by atoms with E-state index in [9.17, 15) is 4.79 Å². The number of likely N-dealkylation sites (tertiary alicyclic amines) is 1. The van der Waals surface area contributed by atoms with E-state index in [4.69, 9.17) is 0 Å². The van der Waals surface area contributed by atoms with Crippen molar-refractivity contribution < 1.29 is 4.79 Å². The minimum atomic E-state index is 0.0616. The molecule has 1 aromatic rings. The lowest BCUT2D eigenvalue weighted by molar-refractivity contribution is -0.121. The molecule has 1 aromatic heterocycles. The Bertz CT molecular complexity index is 369. The lowest BCUT2D eigenvalue weighted by Crippen LogP contribution is -2.42. The standard InChI is InChI=1S/C14H24N4O/c1-12(11-18-8-4-2-3-5-9-18)16-14(19)10-13-6-7-15-17-13/h6-7,12H,2-5,8-11H2,1H3,(H,15,17)(H,16,19). The van der Waals surface area contributed by atoms with Crippen LogP contribution in [0.2, 0.25) is 0 Å². The maximum Gasteiger partial charge on any atom is 0.226 e. The number of aromatic nitrogens is 2. The zero-order chi connectivity index (χ0) is 13.5. The number of hydrogen-bond acceptors (Lipinski definition) is 3. The van der Waals surface area contributed by atoms with Gasteiger partial charge in [0.05, 0.1) is 6.42 Å². The van der Waals surface area contributed by atoms with Crippen LogP contribution in [0.5, 0.6) is 0 Å². The van der Waals surface area contributed by atoms with Gasteiger partial charge in [-0.25, -0.2) is 0 Å². The van der Waals surface area contributed by atoms with Crippen molar-refractivity contribution in [3.63, 3.8) is 0 Å². The van der Waals surface area contributed by atoms with Crippen molar-refractivity contribution >= 4 is 5.91 Å². The monoisotopic (exact) mass is 264 g/mol. The summed E-state index contributed by atoms with van der Waals surface area (Å²) in [6.07, 6.45) is 7.31. The van der Waals surface area contributed by atoms with Crippen LogP contribution in [0, 0.1) is 0 Å². The molecule has 0 radical (unpaired) electrons. The van der Waals surface area contributed by atoms with E-state index in [0.29, 0.717) is 6.42 Å². The van der Waals surface area contributed by atoms with Crippen LogP contribution in [-0.4, -0.2) is 46.7 Å². The number of rotatable bonds is 5. The van der Waals surface area contributed by atoms with Gasteiger partial charge in [-0.1, -0.05) is 12.8 Å². The van der Waals surface area contributed by atoms with Gasteiger partial charge in [0.25, 0.3) is 0 Å². The van der Waals surface area contributed by atoms with Gasteiger partial charge in [0.1, 0.15) is 0 Å². The van der Waals surface area contributed by atoms with Crippen molar-refractivity contribution in [1.29, 1.82) is 0 Å². The third-order valence-corrected chi connectivity index (χ3v) is 3.55. The minimum absolute atomic E-state index is 0.0616. The predicted molar refractivity (Wildman–Crippen MR) is 74.8 cm³/mol. The third-order valence-electron chi connectivity index (χ3n) is 3.55. The normalized spacial score (nSPS) is 18.8. The summed E-state index contributed by atoms with van der Waals surface area (Å²) in [7, 11) is 0. The summed E-state index contributed by atoms with van der Waals surface area (Å²) < 4.78 is 0. The zero-order valence-corrected chi connectivity index (χ0v) is 11.7. The van der Waals surface area contributed by atoms with Gasteiger partial charge in [0, 0.05) is 24.5 Å². The topological polar surface area (TPSA) is 61.0 Å². The van der Waals surface area contributed by atoms with Crippen LogP contribution in [0.3, 0.4) is 0 Å². The molecule has 0 spiro atoms. The predicted octanol–water partition coefficient (Wildman–Crippen LogP) is 1.33. The highest BCUT2D eigenvalue weighted by Crippen LogP contribution is 2.09. The summed E-state index contributed by atoms with van der Waals surface area (Å²) in [5, 5.41) is 9.71. The fourth-order valence-electron chi connectivity index (χ4n) is 2.63. The first-order valence-electron chi connectivity index (χ1n) is 7.24. The average molecular weight is 264 g/mol. The quantitative estimate of drug-likeness (QED) is 0.843. The number of carbonyl (C=O) groups excluding carboxylic acids is 1. The van der Waals surface area contributed by atoms with Crippen LogP contribution in [0.4, 0.5) is 0 Å². The third kappa shape index (κ3) is 5.03. The maximum atomic E-state index is 11.9. The second-order valence-electron chi connectivity index (χ2n) is 5.44. The van der Waals surface area contributed by atoms with Crippen molar-refractivity contribution in [1.82, 2.24) is 20.4 Å². The Hall–Kier alpha value is -1.36. The molecule has 19 heavy (non-hydrogen) atoms. The van der Waals surface area contributed by atoms with Crippen LogP contribution >= 0.6 is 0 Å². The summed E-state index contributed by atoms with van der Waals surface area (Å²) in [4.78, 5) is 14.3. The minimum Gasteiger partial charge on any atom is -0.352 e. The van der Waals surface area contributed by atoms with Crippen LogP contribution in [-0.2, 0) is 11.2 Å². The average Bonchev–Trinajstić information content (AvgIpc) is 2.72. The van der Waals surface area contributed by atoms with E-state index >= 15 is 0 Å². The highest BCUT2D eigenvalue weighted by molar-refractivity contribution is 5.78. The Morgan fingerprint density at radius 3 is 2.79 bits per heavy atom. The van der Waals surface area contributed by atoms with Crippen LogP contribution in [0.25, 0.3) is 0 Å². The largest absolute Gasteiger partial charge is 0.352 e. The van der Waals surface area contributed by atoms with Gasteiger partial charge in [-0.05, 0) is 38.9 Å². The fraction of sp³-hybridized carbons (Fsp3) is 0.714. The Morgan fingerprint density at radius 1 is 1.42 bits per heavy atom. The smallest absolute Gasteiger partial charge is 0.226 e.